The standard InChI is InChI=1S/C22H31N7O4/c1-22(5-9-33-10-6-22)13-28-17-11-15(26-16-12-23-7-8-24-16)27-29(17)21(32)18(20(28)31)19(30)25-14-3-2-4-14/h7-8,12,14-15,17,27,31H,2-6,9-11,13H2,1H3,(H,24,26)(H,25,30). The maximum atomic E-state index is 13.3. The van der Waals surface area contributed by atoms with Gasteiger partial charge in [-0.1, -0.05) is 6.92 Å². The Kier molecular flexibility index (Phi) is 5.83. The highest BCUT2D eigenvalue weighted by Gasteiger charge is 2.49. The molecular formula is C22H31N7O4. The number of hydrazine groups is 1. The number of fused-ring (bicyclic) bond motifs is 1. The molecule has 0 spiro atoms. The van der Waals surface area contributed by atoms with Crippen molar-refractivity contribution in [3.05, 3.63) is 30.0 Å². The number of carbonyl (C=O) groups is 2. The fourth-order valence-corrected chi connectivity index (χ4v) is 4.85. The maximum Gasteiger partial charge on any atom is 0.281 e. The second-order valence-corrected chi connectivity index (χ2v) is 9.66. The predicted octanol–water partition coefficient (Wildman–Crippen LogP) is 0.848. The van der Waals surface area contributed by atoms with E-state index >= 15 is 0 Å². The van der Waals surface area contributed by atoms with Crippen LogP contribution in [0.3, 0.4) is 0 Å². The Balaban J connectivity index is 1.41. The van der Waals surface area contributed by atoms with Crippen LogP contribution >= 0.6 is 0 Å². The number of carbonyl (C=O) groups excluding carboxylic acids is 2. The smallest absolute Gasteiger partial charge is 0.281 e. The third kappa shape index (κ3) is 4.34. The van der Waals surface area contributed by atoms with Gasteiger partial charge in [0.2, 0.25) is 5.88 Å². The topological polar surface area (TPSA) is 132 Å². The monoisotopic (exact) mass is 457 g/mol. The minimum Gasteiger partial charge on any atom is -0.494 e. The molecule has 11 nitrogen and oxygen atoms in total. The van der Waals surface area contributed by atoms with Crippen molar-refractivity contribution in [2.45, 2.75) is 63.8 Å². The van der Waals surface area contributed by atoms with Crippen LogP contribution in [0.1, 0.15) is 45.4 Å². The van der Waals surface area contributed by atoms with Gasteiger partial charge >= 0.3 is 0 Å². The normalized spacial score (nSPS) is 27.2. The van der Waals surface area contributed by atoms with Crippen molar-refractivity contribution in [3.8, 4) is 0 Å². The first-order valence-corrected chi connectivity index (χ1v) is 11.6. The Morgan fingerprint density at radius 1 is 1.33 bits per heavy atom. The van der Waals surface area contributed by atoms with Crippen LogP contribution in [0.5, 0.6) is 0 Å². The average Bonchev–Trinajstić information content (AvgIpc) is 3.19. The van der Waals surface area contributed by atoms with Gasteiger partial charge in [0.1, 0.15) is 12.0 Å². The highest BCUT2D eigenvalue weighted by atomic mass is 16.5. The zero-order valence-electron chi connectivity index (χ0n) is 18.8. The summed E-state index contributed by atoms with van der Waals surface area (Å²) in [7, 11) is 0. The predicted molar refractivity (Wildman–Crippen MR) is 118 cm³/mol. The van der Waals surface area contributed by atoms with E-state index in [0.717, 1.165) is 32.1 Å². The Hall–Kier alpha value is -2.92. The molecule has 1 aromatic heterocycles. The number of nitrogens with zero attached hydrogens (tertiary/aromatic N) is 4. The third-order valence-corrected chi connectivity index (χ3v) is 7.13. The number of aromatic nitrogens is 2. The molecule has 2 unspecified atom stereocenters. The van der Waals surface area contributed by atoms with E-state index in [-0.39, 0.29) is 29.1 Å². The Labute approximate surface area is 192 Å². The number of nitrogens with one attached hydrogen (secondary N) is 3. The van der Waals surface area contributed by atoms with Crippen LogP contribution in [0.2, 0.25) is 0 Å². The van der Waals surface area contributed by atoms with Gasteiger partial charge in [-0.2, -0.15) is 0 Å². The van der Waals surface area contributed by atoms with E-state index in [0.29, 0.717) is 32.0 Å². The highest BCUT2D eigenvalue weighted by Crippen LogP contribution is 2.37. The highest BCUT2D eigenvalue weighted by molar-refractivity contribution is 6.19. The first-order chi connectivity index (χ1) is 15.9. The lowest BCUT2D eigenvalue weighted by Crippen LogP contribution is -2.59. The zero-order chi connectivity index (χ0) is 23.0. The minimum atomic E-state index is -0.522. The molecule has 4 heterocycles. The average molecular weight is 458 g/mol. The largest absolute Gasteiger partial charge is 0.494 e. The van der Waals surface area contributed by atoms with Crippen LogP contribution < -0.4 is 16.1 Å². The van der Waals surface area contributed by atoms with Crippen LogP contribution in [0.25, 0.3) is 0 Å². The molecule has 33 heavy (non-hydrogen) atoms. The molecule has 2 atom stereocenters. The van der Waals surface area contributed by atoms with E-state index in [1.807, 2.05) is 0 Å². The molecule has 2 saturated heterocycles. The minimum absolute atomic E-state index is 0.0578. The van der Waals surface area contributed by atoms with Crippen molar-refractivity contribution in [3.63, 3.8) is 0 Å². The molecular weight excluding hydrogens is 426 g/mol. The summed E-state index contributed by atoms with van der Waals surface area (Å²) in [4.78, 5) is 36.5. The van der Waals surface area contributed by atoms with Crippen molar-refractivity contribution < 1.29 is 19.4 Å². The molecule has 4 aliphatic rings. The van der Waals surface area contributed by atoms with Gasteiger partial charge in [0.05, 0.1) is 12.4 Å². The van der Waals surface area contributed by atoms with Gasteiger partial charge in [-0.25, -0.2) is 15.4 Å². The maximum absolute atomic E-state index is 13.3. The van der Waals surface area contributed by atoms with Crippen LogP contribution in [0, 0.1) is 5.41 Å². The fraction of sp³-hybridized carbons (Fsp3) is 0.636. The second-order valence-electron chi connectivity index (χ2n) is 9.66. The molecule has 1 aliphatic carbocycles. The number of amides is 2. The van der Waals surface area contributed by atoms with Crippen molar-refractivity contribution in [1.82, 2.24) is 30.6 Å². The number of ether oxygens (including phenoxy) is 1. The van der Waals surface area contributed by atoms with E-state index in [2.05, 4.69) is 33.0 Å². The second kappa shape index (κ2) is 8.79. The Morgan fingerprint density at radius 2 is 2.12 bits per heavy atom. The van der Waals surface area contributed by atoms with Crippen LogP contribution in [-0.4, -0.2) is 74.9 Å². The van der Waals surface area contributed by atoms with E-state index in [1.54, 1.807) is 23.5 Å². The van der Waals surface area contributed by atoms with Crippen molar-refractivity contribution in [2.75, 3.05) is 25.1 Å². The molecule has 0 radical (unpaired) electrons. The summed E-state index contributed by atoms with van der Waals surface area (Å²) in [5.74, 6) is -0.709. The lowest BCUT2D eigenvalue weighted by Gasteiger charge is -2.45. The lowest BCUT2D eigenvalue weighted by atomic mass is 9.81. The number of hydrogen-bond acceptors (Lipinski definition) is 9. The first kappa shape index (κ1) is 21.9. The summed E-state index contributed by atoms with van der Waals surface area (Å²) >= 11 is 0. The molecule has 178 valence electrons. The quantitative estimate of drug-likeness (QED) is 0.459. The molecule has 1 saturated carbocycles. The number of rotatable bonds is 6. The van der Waals surface area contributed by atoms with Gasteiger partial charge < -0.3 is 25.4 Å². The van der Waals surface area contributed by atoms with Crippen molar-refractivity contribution >= 4 is 17.6 Å². The molecule has 3 fully saturated rings. The Morgan fingerprint density at radius 3 is 2.79 bits per heavy atom. The van der Waals surface area contributed by atoms with E-state index in [9.17, 15) is 14.7 Å². The molecule has 5 rings (SSSR count). The van der Waals surface area contributed by atoms with Crippen LogP contribution in [0.15, 0.2) is 30.0 Å². The fourth-order valence-electron chi connectivity index (χ4n) is 4.85. The van der Waals surface area contributed by atoms with E-state index < -0.39 is 18.0 Å². The summed E-state index contributed by atoms with van der Waals surface area (Å²) in [6.07, 6.45) is 9.05. The molecule has 3 aliphatic heterocycles. The summed E-state index contributed by atoms with van der Waals surface area (Å²) < 4.78 is 5.53. The van der Waals surface area contributed by atoms with Gasteiger partial charge in [-0.3, -0.25) is 14.6 Å². The number of hydrogen-bond donors (Lipinski definition) is 4. The summed E-state index contributed by atoms with van der Waals surface area (Å²) in [5, 5.41) is 18.8. The number of aliphatic hydroxyl groups excluding tert-OH is 1. The third-order valence-electron chi connectivity index (χ3n) is 7.13. The molecule has 2 amide bonds. The Bertz CT molecular complexity index is 930. The molecule has 0 bridgehead atoms. The van der Waals surface area contributed by atoms with E-state index in [4.69, 9.17) is 4.74 Å². The van der Waals surface area contributed by atoms with Crippen LogP contribution in [-0.2, 0) is 14.3 Å². The van der Waals surface area contributed by atoms with Gasteiger partial charge in [0.25, 0.3) is 11.8 Å². The van der Waals surface area contributed by atoms with Crippen molar-refractivity contribution in [1.29, 1.82) is 0 Å². The number of aliphatic hydroxyl groups is 1. The molecule has 0 aromatic carbocycles. The van der Waals surface area contributed by atoms with Gasteiger partial charge in [-0.05, 0) is 37.5 Å². The van der Waals surface area contributed by atoms with Gasteiger partial charge in [-0.15, -0.1) is 0 Å². The summed E-state index contributed by atoms with van der Waals surface area (Å²) in [6.45, 7) is 3.99. The lowest BCUT2D eigenvalue weighted by molar-refractivity contribution is -0.143. The summed E-state index contributed by atoms with van der Waals surface area (Å²) in [5.41, 5.74) is 2.86. The number of anilines is 1. The molecule has 11 heteroatoms. The summed E-state index contributed by atoms with van der Waals surface area (Å²) in [6, 6.07) is 0.0578. The first-order valence-electron chi connectivity index (χ1n) is 11.6. The van der Waals surface area contributed by atoms with Gasteiger partial charge in [0, 0.05) is 44.6 Å². The van der Waals surface area contributed by atoms with Crippen molar-refractivity contribution in [2.24, 2.45) is 5.41 Å². The SMILES string of the molecule is CC1(CN2C(O)=C(C(=O)NC3CCC3)C(=O)N3NC(Nc4cnccn4)CC23)CCOCC1. The molecule has 1 aromatic rings. The van der Waals surface area contributed by atoms with Crippen LogP contribution in [0.4, 0.5) is 5.82 Å². The van der Waals surface area contributed by atoms with E-state index in [1.165, 1.54) is 5.01 Å². The van der Waals surface area contributed by atoms with Gasteiger partial charge in [0.15, 0.2) is 5.57 Å². The molecule has 4 N–H and O–H groups in total. The zero-order valence-corrected chi connectivity index (χ0v) is 18.8.